The lowest BCUT2D eigenvalue weighted by Crippen LogP contribution is -2.39. The molecule has 0 N–H and O–H groups in total. The van der Waals surface area contributed by atoms with Gasteiger partial charge in [0.25, 0.3) is 11.7 Å². The maximum atomic E-state index is 13.2. The van der Waals surface area contributed by atoms with Crippen LogP contribution in [0.1, 0.15) is 54.6 Å². The normalized spacial score (nSPS) is 17.4. The highest BCUT2D eigenvalue weighted by Gasteiger charge is 2.32. The minimum atomic E-state index is -3.53. The molecule has 1 atom stereocenters. The van der Waals surface area contributed by atoms with Gasteiger partial charge in [-0.25, -0.2) is 13.4 Å². The summed E-state index contributed by atoms with van der Waals surface area (Å²) in [5.74, 6) is 0.989. The predicted molar refractivity (Wildman–Crippen MR) is 117 cm³/mol. The zero-order chi connectivity index (χ0) is 22.9. The van der Waals surface area contributed by atoms with Gasteiger partial charge in [-0.3, -0.25) is 9.69 Å². The average molecular weight is 461 g/mol. The highest BCUT2D eigenvalue weighted by atomic mass is 32.2. The number of piperidine rings is 1. The maximum Gasteiger partial charge on any atom is 0.289 e. The molecule has 0 bridgehead atoms. The molecule has 1 aliphatic rings. The van der Waals surface area contributed by atoms with E-state index < -0.39 is 9.84 Å². The van der Waals surface area contributed by atoms with Crippen LogP contribution in [0, 0.1) is 0 Å². The molecule has 0 aliphatic carbocycles. The Morgan fingerprint density at radius 2 is 2.03 bits per heavy atom. The Kier molecular flexibility index (Phi) is 6.29. The van der Waals surface area contributed by atoms with E-state index >= 15 is 0 Å². The zero-order valence-corrected chi connectivity index (χ0v) is 19.4. The fourth-order valence-corrected chi connectivity index (χ4v) is 5.10. The quantitative estimate of drug-likeness (QED) is 0.526. The second-order valence-corrected chi connectivity index (χ2v) is 10.1. The summed E-state index contributed by atoms with van der Waals surface area (Å²) in [5, 5.41) is 4.20. The van der Waals surface area contributed by atoms with E-state index in [-0.39, 0.29) is 16.7 Å². The van der Waals surface area contributed by atoms with E-state index in [0.717, 1.165) is 37.9 Å². The molecule has 11 heteroatoms. The van der Waals surface area contributed by atoms with Gasteiger partial charge in [-0.15, -0.1) is 0 Å². The third-order valence-electron chi connectivity index (χ3n) is 5.95. The van der Waals surface area contributed by atoms with Crippen molar-refractivity contribution in [1.29, 1.82) is 0 Å². The summed E-state index contributed by atoms with van der Waals surface area (Å²) >= 11 is 0. The first-order valence-corrected chi connectivity index (χ1v) is 12.7. The van der Waals surface area contributed by atoms with Gasteiger partial charge in [-0.1, -0.05) is 13.8 Å². The first-order chi connectivity index (χ1) is 15.3. The number of fused-ring (bicyclic) bond motifs is 1. The molecular formula is C21H28N6O4S. The van der Waals surface area contributed by atoms with Crippen LogP contribution in [0.5, 0.6) is 0 Å². The number of rotatable bonds is 7. The molecule has 0 spiro atoms. The molecule has 172 valence electrons. The van der Waals surface area contributed by atoms with Crippen molar-refractivity contribution < 1.29 is 17.6 Å². The van der Waals surface area contributed by atoms with Crippen molar-refractivity contribution in [3.05, 3.63) is 41.9 Å². The monoisotopic (exact) mass is 460 g/mol. The van der Waals surface area contributed by atoms with Gasteiger partial charge in [0.1, 0.15) is 17.0 Å². The van der Waals surface area contributed by atoms with Gasteiger partial charge in [-0.05, 0) is 38.1 Å². The first kappa shape index (κ1) is 22.4. The van der Waals surface area contributed by atoms with Gasteiger partial charge >= 0.3 is 0 Å². The molecule has 1 saturated heterocycles. The Morgan fingerprint density at radius 1 is 1.25 bits per heavy atom. The molecule has 1 aliphatic heterocycles. The fraction of sp³-hybridized carbons (Fsp3) is 0.524. The number of carbonyl (C=O) groups is 1. The van der Waals surface area contributed by atoms with Crippen LogP contribution in [0.2, 0.25) is 0 Å². The summed E-state index contributed by atoms with van der Waals surface area (Å²) in [5.41, 5.74) is 0.522. The van der Waals surface area contributed by atoms with Gasteiger partial charge in [0.15, 0.2) is 15.6 Å². The number of nitrogens with zero attached hydrogens (tertiary/aromatic N) is 6. The molecule has 0 saturated carbocycles. The van der Waals surface area contributed by atoms with Crippen LogP contribution in [0.15, 0.2) is 34.0 Å². The number of hydrogen-bond donors (Lipinski definition) is 0. The molecule has 0 radical (unpaired) electrons. The molecule has 1 amide bonds. The van der Waals surface area contributed by atoms with Crippen LogP contribution in [0.25, 0.3) is 5.78 Å². The van der Waals surface area contributed by atoms with Gasteiger partial charge < -0.3 is 9.32 Å². The predicted octanol–water partition coefficient (Wildman–Crippen LogP) is 1.98. The molecular weight excluding hydrogens is 432 g/mol. The van der Waals surface area contributed by atoms with E-state index in [9.17, 15) is 13.2 Å². The summed E-state index contributed by atoms with van der Waals surface area (Å²) in [6.45, 7) is 7.58. The van der Waals surface area contributed by atoms with Crippen LogP contribution >= 0.6 is 0 Å². The summed E-state index contributed by atoms with van der Waals surface area (Å²) in [6, 6.07) is 3.56. The van der Waals surface area contributed by atoms with E-state index in [1.54, 1.807) is 11.0 Å². The summed E-state index contributed by atoms with van der Waals surface area (Å²) in [4.78, 5) is 25.4. The first-order valence-electron chi connectivity index (χ1n) is 10.8. The van der Waals surface area contributed by atoms with Crippen molar-refractivity contribution in [2.24, 2.45) is 0 Å². The molecule has 32 heavy (non-hydrogen) atoms. The Morgan fingerprint density at radius 3 is 2.75 bits per heavy atom. The number of carbonyl (C=O) groups excluding carboxylic acids is 1. The van der Waals surface area contributed by atoms with Crippen LogP contribution < -0.4 is 0 Å². The maximum absolute atomic E-state index is 13.2. The minimum Gasteiger partial charge on any atom is -0.455 e. The molecule has 3 aromatic heterocycles. The van der Waals surface area contributed by atoms with Crippen molar-refractivity contribution in [3.8, 4) is 0 Å². The molecule has 10 nitrogen and oxygen atoms in total. The Hall–Kier alpha value is -2.79. The highest BCUT2D eigenvalue weighted by Crippen LogP contribution is 2.32. The molecule has 0 aromatic carbocycles. The number of amides is 1. The second-order valence-electron chi connectivity index (χ2n) is 8.07. The minimum absolute atomic E-state index is 0.120. The van der Waals surface area contributed by atoms with Crippen molar-refractivity contribution >= 4 is 21.5 Å². The fourth-order valence-electron chi connectivity index (χ4n) is 4.23. The highest BCUT2D eigenvalue weighted by molar-refractivity contribution is 7.90. The molecule has 4 rings (SSSR count). The van der Waals surface area contributed by atoms with Crippen molar-refractivity contribution in [2.45, 2.75) is 44.0 Å². The van der Waals surface area contributed by atoms with Gasteiger partial charge in [0.2, 0.25) is 0 Å². The number of aromatic nitrogens is 4. The topological polar surface area (TPSA) is 114 Å². The second kappa shape index (κ2) is 8.99. The van der Waals surface area contributed by atoms with Crippen molar-refractivity contribution in [2.75, 3.05) is 32.4 Å². The van der Waals surface area contributed by atoms with Crippen molar-refractivity contribution in [3.63, 3.8) is 0 Å². The summed E-state index contributed by atoms with van der Waals surface area (Å²) in [7, 11) is -3.53. The van der Waals surface area contributed by atoms with Crippen LogP contribution in [0.3, 0.4) is 0 Å². The number of sulfone groups is 1. The van der Waals surface area contributed by atoms with Crippen molar-refractivity contribution in [1.82, 2.24) is 29.4 Å². The van der Waals surface area contributed by atoms with Gasteiger partial charge in [0.05, 0.1) is 18.4 Å². The summed E-state index contributed by atoms with van der Waals surface area (Å²) in [6.07, 6.45) is 5.31. The van der Waals surface area contributed by atoms with Gasteiger partial charge in [-0.2, -0.15) is 14.6 Å². The largest absolute Gasteiger partial charge is 0.455 e. The molecule has 4 heterocycles. The lowest BCUT2D eigenvalue weighted by molar-refractivity contribution is 0.0668. The Labute approximate surface area is 187 Å². The Bertz CT molecular complexity index is 1210. The lowest BCUT2D eigenvalue weighted by Gasteiger charge is -2.33. The third-order valence-corrected chi connectivity index (χ3v) is 7.06. The van der Waals surface area contributed by atoms with Crippen LogP contribution in [-0.4, -0.2) is 76.1 Å². The molecule has 3 aromatic rings. The standard InChI is InChI=1S/C21H28N6O4S/c1-4-25(5-2)13-16-8-9-17(31-16)20(28)26-10-6-7-15(12-26)19-18(32(3,29)30)11-22-21-23-14-24-27(19)21/h8-9,11,14-15H,4-7,10,12-13H2,1-3H3/t15-/m0/s1. The van der Waals surface area contributed by atoms with E-state index in [1.807, 2.05) is 6.07 Å². The number of likely N-dealkylation sites (tertiary alicyclic amines) is 1. The third kappa shape index (κ3) is 4.40. The number of hydrogen-bond acceptors (Lipinski definition) is 8. The SMILES string of the molecule is CCN(CC)Cc1ccc(C(=O)N2CCC[C@H](c3c(S(C)(=O)=O)cnc4ncnn34)C2)o1. The lowest BCUT2D eigenvalue weighted by atomic mass is 9.94. The Balaban J connectivity index is 1.59. The average Bonchev–Trinajstić information content (AvgIpc) is 3.45. The van der Waals surface area contributed by atoms with Crippen LogP contribution in [0.4, 0.5) is 0 Å². The van der Waals surface area contributed by atoms with E-state index in [2.05, 4.69) is 33.8 Å². The summed E-state index contributed by atoms with van der Waals surface area (Å²) < 4.78 is 32.2. The van der Waals surface area contributed by atoms with Crippen LogP contribution in [-0.2, 0) is 16.4 Å². The number of furan rings is 1. The smallest absolute Gasteiger partial charge is 0.289 e. The zero-order valence-electron chi connectivity index (χ0n) is 18.6. The van der Waals surface area contributed by atoms with E-state index in [4.69, 9.17) is 4.42 Å². The molecule has 1 fully saturated rings. The van der Waals surface area contributed by atoms with Gasteiger partial charge in [0, 0.05) is 25.3 Å². The van der Waals surface area contributed by atoms with E-state index in [1.165, 1.54) is 17.0 Å². The van der Waals surface area contributed by atoms with E-state index in [0.29, 0.717) is 36.9 Å². The molecule has 0 unspecified atom stereocenters.